The summed E-state index contributed by atoms with van der Waals surface area (Å²) in [5.74, 6) is 0.652. The Kier molecular flexibility index (Phi) is 2.25. The Morgan fingerprint density at radius 1 is 1.15 bits per heavy atom. The minimum Gasteiger partial charge on any atom is -0.307 e. The molecule has 0 aliphatic heterocycles. The van der Waals surface area contributed by atoms with Crippen molar-refractivity contribution in [2.24, 2.45) is 0 Å². The molecule has 0 bridgehead atoms. The molecule has 13 heavy (non-hydrogen) atoms. The Hall–Kier alpha value is -0.990. The van der Waals surface area contributed by atoms with Crippen LogP contribution in [0.5, 0.6) is 0 Å². The first-order valence-electron chi connectivity index (χ1n) is 3.72. The molecule has 2 aromatic heterocycles. The quantitative estimate of drug-likeness (QED) is 0.711. The van der Waals surface area contributed by atoms with Crippen molar-refractivity contribution < 1.29 is 0 Å². The molecule has 0 aliphatic rings. The average Bonchev–Trinajstić information content (AvgIpc) is 2.62. The second-order valence-electron chi connectivity index (χ2n) is 2.52. The minimum atomic E-state index is 0.473. The summed E-state index contributed by atoms with van der Waals surface area (Å²) in [7, 11) is 0. The molecule has 2 aromatic rings. The number of aromatic nitrogens is 2. The molecule has 2 rings (SSSR count). The van der Waals surface area contributed by atoms with Gasteiger partial charge in [-0.05, 0) is 18.2 Å². The van der Waals surface area contributed by atoms with Crippen molar-refractivity contribution >= 4 is 23.2 Å². The molecule has 0 atom stereocenters. The summed E-state index contributed by atoms with van der Waals surface area (Å²) in [5.41, 5.74) is 0. The maximum Gasteiger partial charge on any atom is 0.156 e. The molecule has 0 N–H and O–H groups in total. The van der Waals surface area contributed by atoms with Crippen LogP contribution in [-0.2, 0) is 0 Å². The smallest absolute Gasteiger partial charge is 0.156 e. The van der Waals surface area contributed by atoms with Gasteiger partial charge in [0.15, 0.2) is 5.82 Å². The van der Waals surface area contributed by atoms with E-state index in [0.717, 1.165) is 0 Å². The summed E-state index contributed by atoms with van der Waals surface area (Å²) in [4.78, 5) is 4.13. The minimum absolute atomic E-state index is 0.473. The number of nitrogens with zero attached hydrogens (tertiary/aromatic N) is 2. The summed E-state index contributed by atoms with van der Waals surface area (Å²) >= 11 is 11.8. The Balaban J connectivity index is 2.59. The summed E-state index contributed by atoms with van der Waals surface area (Å²) in [6.45, 7) is 0. The van der Waals surface area contributed by atoms with Gasteiger partial charge in [-0.3, -0.25) is 0 Å². The lowest BCUT2D eigenvalue weighted by Gasteiger charge is -2.04. The largest absolute Gasteiger partial charge is 0.307 e. The van der Waals surface area contributed by atoms with E-state index in [1.54, 1.807) is 12.3 Å². The van der Waals surface area contributed by atoms with E-state index in [0.29, 0.717) is 15.9 Å². The van der Waals surface area contributed by atoms with Crippen molar-refractivity contribution in [1.29, 1.82) is 0 Å². The Labute approximate surface area is 85.7 Å². The van der Waals surface area contributed by atoms with Crippen LogP contribution in [0.3, 0.4) is 0 Å². The number of rotatable bonds is 1. The number of pyridine rings is 1. The summed E-state index contributed by atoms with van der Waals surface area (Å²) < 4.78 is 1.81. The van der Waals surface area contributed by atoms with Crippen LogP contribution < -0.4 is 0 Å². The summed E-state index contributed by atoms with van der Waals surface area (Å²) in [5, 5.41) is 0.987. The van der Waals surface area contributed by atoms with E-state index in [2.05, 4.69) is 4.98 Å². The third-order valence-electron chi connectivity index (χ3n) is 1.67. The first-order valence-corrected chi connectivity index (χ1v) is 4.48. The average molecular weight is 213 g/mol. The van der Waals surface area contributed by atoms with Crippen molar-refractivity contribution in [3.63, 3.8) is 0 Å². The summed E-state index contributed by atoms with van der Waals surface area (Å²) in [6.07, 6.45) is 5.36. The molecule has 0 aliphatic carbocycles. The van der Waals surface area contributed by atoms with Crippen LogP contribution in [0, 0.1) is 0 Å². The lowest BCUT2D eigenvalue weighted by Crippen LogP contribution is -1.94. The first kappa shape index (κ1) is 8.60. The van der Waals surface area contributed by atoms with Gasteiger partial charge in [0.05, 0.1) is 5.02 Å². The first-order chi connectivity index (χ1) is 6.29. The molecule has 0 saturated carbocycles. The lowest BCUT2D eigenvalue weighted by atomic mass is 10.4. The number of hydrogen-bond donors (Lipinski definition) is 0. The van der Waals surface area contributed by atoms with Crippen LogP contribution in [0.25, 0.3) is 5.82 Å². The van der Waals surface area contributed by atoms with Crippen LogP contribution in [-0.4, -0.2) is 9.55 Å². The fraction of sp³-hybridized carbons (Fsp3) is 0. The molecule has 0 saturated heterocycles. The molecule has 2 heterocycles. The zero-order valence-electron chi connectivity index (χ0n) is 6.61. The topological polar surface area (TPSA) is 17.8 Å². The van der Waals surface area contributed by atoms with Crippen LogP contribution in [0.1, 0.15) is 0 Å². The van der Waals surface area contributed by atoms with Gasteiger partial charge in [0.2, 0.25) is 0 Å². The fourth-order valence-electron chi connectivity index (χ4n) is 1.07. The summed E-state index contributed by atoms with van der Waals surface area (Å²) in [6, 6.07) is 5.47. The molecule has 2 nitrogen and oxygen atoms in total. The lowest BCUT2D eigenvalue weighted by molar-refractivity contribution is 1.01. The Bertz CT molecular complexity index is 410. The molecule has 4 heteroatoms. The maximum absolute atomic E-state index is 5.97. The zero-order chi connectivity index (χ0) is 9.26. The second kappa shape index (κ2) is 3.40. The normalized spacial score (nSPS) is 10.3. The van der Waals surface area contributed by atoms with E-state index in [1.165, 1.54) is 0 Å². The van der Waals surface area contributed by atoms with E-state index in [1.807, 2.05) is 29.1 Å². The molecular formula is C9H6Cl2N2. The molecule has 66 valence electrons. The van der Waals surface area contributed by atoms with Crippen molar-refractivity contribution in [3.05, 3.63) is 46.8 Å². The van der Waals surface area contributed by atoms with Gasteiger partial charge in [0.25, 0.3) is 0 Å². The molecule has 0 spiro atoms. The number of hydrogen-bond acceptors (Lipinski definition) is 1. The highest BCUT2D eigenvalue weighted by Crippen LogP contribution is 2.26. The highest BCUT2D eigenvalue weighted by atomic mass is 35.5. The van der Waals surface area contributed by atoms with Crippen molar-refractivity contribution in [3.8, 4) is 5.82 Å². The van der Waals surface area contributed by atoms with Gasteiger partial charge in [-0.15, -0.1) is 0 Å². The van der Waals surface area contributed by atoms with Crippen LogP contribution in [0.4, 0.5) is 0 Å². The third-order valence-corrected chi connectivity index (χ3v) is 2.46. The molecule has 0 amide bonds. The van der Waals surface area contributed by atoms with Gasteiger partial charge in [-0.1, -0.05) is 23.2 Å². The third kappa shape index (κ3) is 1.55. The molecular weight excluding hydrogens is 207 g/mol. The molecule has 0 fully saturated rings. The van der Waals surface area contributed by atoms with Crippen molar-refractivity contribution in [1.82, 2.24) is 9.55 Å². The van der Waals surface area contributed by atoms with Gasteiger partial charge in [0, 0.05) is 18.6 Å². The van der Waals surface area contributed by atoms with Crippen LogP contribution in [0.15, 0.2) is 36.8 Å². The Morgan fingerprint density at radius 2 is 1.85 bits per heavy atom. The van der Waals surface area contributed by atoms with Crippen LogP contribution in [0.2, 0.25) is 10.0 Å². The second-order valence-corrected chi connectivity index (χ2v) is 3.31. The van der Waals surface area contributed by atoms with E-state index < -0.39 is 0 Å². The predicted molar refractivity (Wildman–Crippen MR) is 53.6 cm³/mol. The molecule has 0 radical (unpaired) electrons. The monoisotopic (exact) mass is 212 g/mol. The predicted octanol–water partition coefficient (Wildman–Crippen LogP) is 3.18. The van der Waals surface area contributed by atoms with Gasteiger partial charge >= 0.3 is 0 Å². The maximum atomic E-state index is 5.97. The van der Waals surface area contributed by atoms with Crippen molar-refractivity contribution in [2.45, 2.75) is 0 Å². The van der Waals surface area contributed by atoms with E-state index >= 15 is 0 Å². The number of halogens is 2. The van der Waals surface area contributed by atoms with E-state index in [9.17, 15) is 0 Å². The van der Waals surface area contributed by atoms with Gasteiger partial charge in [0.1, 0.15) is 5.02 Å². The van der Waals surface area contributed by atoms with Gasteiger partial charge in [-0.2, -0.15) is 0 Å². The zero-order valence-corrected chi connectivity index (χ0v) is 8.13. The molecule has 0 unspecified atom stereocenters. The molecule has 0 aromatic carbocycles. The van der Waals surface area contributed by atoms with Gasteiger partial charge < -0.3 is 4.57 Å². The fourth-order valence-corrected chi connectivity index (χ4v) is 1.42. The SMILES string of the molecule is Clc1ccnc(-n2cccc2)c1Cl. The highest BCUT2D eigenvalue weighted by Gasteiger charge is 2.05. The van der Waals surface area contributed by atoms with Gasteiger partial charge in [-0.25, -0.2) is 4.98 Å². The van der Waals surface area contributed by atoms with E-state index in [-0.39, 0.29) is 0 Å². The highest BCUT2D eigenvalue weighted by molar-refractivity contribution is 6.42. The van der Waals surface area contributed by atoms with Crippen LogP contribution >= 0.6 is 23.2 Å². The van der Waals surface area contributed by atoms with Crippen molar-refractivity contribution in [2.75, 3.05) is 0 Å². The Morgan fingerprint density at radius 3 is 2.54 bits per heavy atom. The van der Waals surface area contributed by atoms with E-state index in [4.69, 9.17) is 23.2 Å². The standard InChI is InChI=1S/C9H6Cl2N2/c10-7-3-4-12-9(8(7)11)13-5-1-2-6-13/h1-6H.